The molecule has 5 heterocycles. The number of fused-ring (bicyclic) bond motifs is 1. The van der Waals surface area contributed by atoms with Crippen LogP contribution >= 0.6 is 0 Å². The standard InChI is InChI=1S/C20H21N7O/c1-14-17-19(23-13-24-20(17)28-25-14)26-8-3-5-16(12-26)18-22-7-9-27(18)11-15-4-2-6-21-10-15/h2,4,6-7,9-10,13,16H,3,5,8,11-12H2,1H3/t16-/m1/s1. The summed E-state index contributed by atoms with van der Waals surface area (Å²) >= 11 is 0. The van der Waals surface area contributed by atoms with Crippen molar-refractivity contribution in [3.8, 4) is 0 Å². The lowest BCUT2D eigenvalue weighted by atomic mass is 9.96. The van der Waals surface area contributed by atoms with Crippen molar-refractivity contribution in [1.29, 1.82) is 0 Å². The van der Waals surface area contributed by atoms with Gasteiger partial charge in [-0.2, -0.15) is 4.98 Å². The second-order valence-electron chi connectivity index (χ2n) is 7.21. The summed E-state index contributed by atoms with van der Waals surface area (Å²) in [5.74, 6) is 2.35. The number of hydrogen-bond donors (Lipinski definition) is 0. The molecule has 142 valence electrons. The molecule has 0 aromatic carbocycles. The summed E-state index contributed by atoms with van der Waals surface area (Å²) in [4.78, 5) is 20.0. The zero-order valence-electron chi connectivity index (χ0n) is 15.7. The number of pyridine rings is 1. The molecule has 0 aliphatic carbocycles. The van der Waals surface area contributed by atoms with Crippen LogP contribution in [0.4, 0.5) is 5.82 Å². The van der Waals surface area contributed by atoms with Gasteiger partial charge >= 0.3 is 0 Å². The highest BCUT2D eigenvalue weighted by atomic mass is 16.5. The normalized spacial score (nSPS) is 17.3. The van der Waals surface area contributed by atoms with Crippen molar-refractivity contribution >= 4 is 16.9 Å². The molecule has 1 aliphatic heterocycles. The predicted octanol–water partition coefficient (Wildman–Crippen LogP) is 2.95. The average molecular weight is 375 g/mol. The van der Waals surface area contributed by atoms with Crippen LogP contribution in [0.2, 0.25) is 0 Å². The molecule has 28 heavy (non-hydrogen) atoms. The van der Waals surface area contributed by atoms with Gasteiger partial charge in [-0.15, -0.1) is 0 Å². The average Bonchev–Trinajstić information content (AvgIpc) is 3.36. The van der Waals surface area contributed by atoms with Gasteiger partial charge in [0.15, 0.2) is 0 Å². The molecule has 0 unspecified atom stereocenters. The molecule has 1 atom stereocenters. The lowest BCUT2D eigenvalue weighted by Gasteiger charge is -2.33. The molecule has 1 aliphatic rings. The predicted molar refractivity (Wildman–Crippen MR) is 104 cm³/mol. The second-order valence-corrected chi connectivity index (χ2v) is 7.21. The third kappa shape index (κ3) is 3.00. The minimum Gasteiger partial charge on any atom is -0.355 e. The van der Waals surface area contributed by atoms with Gasteiger partial charge in [0, 0.05) is 43.8 Å². The molecule has 8 heteroatoms. The van der Waals surface area contributed by atoms with E-state index in [4.69, 9.17) is 4.52 Å². The number of anilines is 1. The fourth-order valence-corrected chi connectivity index (χ4v) is 4.03. The molecule has 1 saturated heterocycles. The van der Waals surface area contributed by atoms with E-state index in [1.165, 1.54) is 5.56 Å². The van der Waals surface area contributed by atoms with E-state index in [0.29, 0.717) is 11.6 Å². The summed E-state index contributed by atoms with van der Waals surface area (Å²) in [6.45, 7) is 4.53. The first-order valence-electron chi connectivity index (χ1n) is 9.51. The van der Waals surface area contributed by atoms with Gasteiger partial charge in [0.25, 0.3) is 5.71 Å². The Balaban J connectivity index is 1.42. The third-order valence-electron chi connectivity index (χ3n) is 5.33. The van der Waals surface area contributed by atoms with E-state index in [1.807, 2.05) is 31.6 Å². The summed E-state index contributed by atoms with van der Waals surface area (Å²) in [6, 6.07) is 4.06. The number of rotatable bonds is 4. The third-order valence-corrected chi connectivity index (χ3v) is 5.33. The lowest BCUT2D eigenvalue weighted by Crippen LogP contribution is -2.36. The highest BCUT2D eigenvalue weighted by molar-refractivity contribution is 5.87. The number of hydrogen-bond acceptors (Lipinski definition) is 7. The van der Waals surface area contributed by atoms with Gasteiger partial charge in [-0.3, -0.25) is 4.98 Å². The van der Waals surface area contributed by atoms with Crippen LogP contribution < -0.4 is 4.90 Å². The first-order valence-corrected chi connectivity index (χ1v) is 9.51. The van der Waals surface area contributed by atoms with E-state index in [0.717, 1.165) is 55.2 Å². The maximum atomic E-state index is 5.31. The van der Waals surface area contributed by atoms with E-state index in [-0.39, 0.29) is 0 Å². The Labute approximate surface area is 162 Å². The lowest BCUT2D eigenvalue weighted by molar-refractivity contribution is 0.442. The highest BCUT2D eigenvalue weighted by Crippen LogP contribution is 2.32. The van der Waals surface area contributed by atoms with Crippen LogP contribution in [0.5, 0.6) is 0 Å². The Bertz CT molecular complexity index is 1090. The van der Waals surface area contributed by atoms with Gasteiger partial charge in [-0.1, -0.05) is 11.2 Å². The Morgan fingerprint density at radius 3 is 3.07 bits per heavy atom. The Kier molecular flexibility index (Phi) is 4.23. The summed E-state index contributed by atoms with van der Waals surface area (Å²) < 4.78 is 7.54. The van der Waals surface area contributed by atoms with E-state index in [2.05, 4.69) is 40.6 Å². The van der Waals surface area contributed by atoms with Crippen molar-refractivity contribution in [2.45, 2.75) is 32.2 Å². The van der Waals surface area contributed by atoms with E-state index < -0.39 is 0 Å². The van der Waals surface area contributed by atoms with Crippen molar-refractivity contribution < 1.29 is 4.52 Å². The fourth-order valence-electron chi connectivity index (χ4n) is 4.03. The van der Waals surface area contributed by atoms with Crippen LogP contribution in [0, 0.1) is 6.92 Å². The van der Waals surface area contributed by atoms with Crippen molar-refractivity contribution in [2.24, 2.45) is 0 Å². The molecule has 8 nitrogen and oxygen atoms in total. The van der Waals surface area contributed by atoms with Gasteiger partial charge in [0.05, 0.1) is 12.2 Å². The van der Waals surface area contributed by atoms with Gasteiger partial charge in [0.2, 0.25) is 0 Å². The molecule has 0 amide bonds. The molecule has 0 spiro atoms. The van der Waals surface area contributed by atoms with Gasteiger partial charge in [0.1, 0.15) is 23.4 Å². The van der Waals surface area contributed by atoms with Crippen LogP contribution in [0.3, 0.4) is 0 Å². The Morgan fingerprint density at radius 1 is 1.21 bits per heavy atom. The van der Waals surface area contributed by atoms with Crippen LogP contribution in [0.15, 0.2) is 47.8 Å². The van der Waals surface area contributed by atoms with Gasteiger partial charge < -0.3 is 14.0 Å². The summed E-state index contributed by atoms with van der Waals surface area (Å²) in [6.07, 6.45) is 11.4. The molecule has 0 saturated carbocycles. The number of imidazole rings is 1. The topological polar surface area (TPSA) is 85.8 Å². The molecule has 5 rings (SSSR count). The SMILES string of the molecule is Cc1noc2ncnc(N3CCC[C@@H](c4nccn4Cc4cccnc4)C3)c12. The highest BCUT2D eigenvalue weighted by Gasteiger charge is 2.27. The van der Waals surface area contributed by atoms with Crippen molar-refractivity contribution in [2.75, 3.05) is 18.0 Å². The van der Waals surface area contributed by atoms with Gasteiger partial charge in [-0.25, -0.2) is 9.97 Å². The van der Waals surface area contributed by atoms with Gasteiger partial charge in [-0.05, 0) is 31.4 Å². The molecule has 0 N–H and O–H groups in total. The maximum Gasteiger partial charge on any atom is 0.263 e. The van der Waals surface area contributed by atoms with Crippen LogP contribution in [-0.2, 0) is 6.54 Å². The summed E-state index contributed by atoms with van der Waals surface area (Å²) in [7, 11) is 0. The zero-order valence-corrected chi connectivity index (χ0v) is 15.7. The molecule has 1 fully saturated rings. The minimum absolute atomic E-state index is 0.339. The Morgan fingerprint density at radius 2 is 2.18 bits per heavy atom. The van der Waals surface area contributed by atoms with E-state index >= 15 is 0 Å². The number of aromatic nitrogens is 6. The number of piperidine rings is 1. The molecule has 4 aromatic rings. The molecule has 0 radical (unpaired) electrons. The smallest absolute Gasteiger partial charge is 0.263 e. The molecular weight excluding hydrogens is 354 g/mol. The molecule has 4 aromatic heterocycles. The largest absolute Gasteiger partial charge is 0.355 e. The monoisotopic (exact) mass is 375 g/mol. The van der Waals surface area contributed by atoms with Crippen LogP contribution in [-0.4, -0.2) is 42.7 Å². The van der Waals surface area contributed by atoms with Crippen molar-refractivity contribution in [1.82, 2.24) is 29.7 Å². The van der Waals surface area contributed by atoms with E-state index in [9.17, 15) is 0 Å². The van der Waals surface area contributed by atoms with E-state index in [1.54, 1.807) is 12.5 Å². The second kappa shape index (κ2) is 7.03. The number of nitrogens with zero attached hydrogens (tertiary/aromatic N) is 7. The van der Waals surface area contributed by atoms with Crippen molar-refractivity contribution in [3.05, 3.63) is 60.3 Å². The summed E-state index contributed by atoms with van der Waals surface area (Å²) in [5, 5.41) is 4.96. The molecule has 0 bridgehead atoms. The van der Waals surface area contributed by atoms with Crippen molar-refractivity contribution in [3.63, 3.8) is 0 Å². The quantitative estimate of drug-likeness (QED) is 0.542. The Hall–Kier alpha value is -3.29. The van der Waals surface area contributed by atoms with Crippen LogP contribution in [0.1, 0.15) is 35.8 Å². The minimum atomic E-state index is 0.339. The number of aryl methyl sites for hydroxylation is 1. The maximum absolute atomic E-state index is 5.31. The van der Waals surface area contributed by atoms with Crippen LogP contribution in [0.25, 0.3) is 11.1 Å². The zero-order chi connectivity index (χ0) is 18.9. The summed E-state index contributed by atoms with van der Waals surface area (Å²) in [5.41, 5.74) is 2.54. The molecular formula is C20H21N7O. The first-order chi connectivity index (χ1) is 13.8. The fraction of sp³-hybridized carbons (Fsp3) is 0.350. The first kappa shape index (κ1) is 16.9.